The van der Waals surface area contributed by atoms with Crippen molar-refractivity contribution in [2.45, 2.75) is 81.5 Å². The lowest BCUT2D eigenvalue weighted by Gasteiger charge is -2.30. The topological polar surface area (TPSA) is 272 Å². The predicted molar refractivity (Wildman–Crippen MR) is 139 cm³/mol. The predicted octanol–water partition coefficient (Wildman–Crippen LogP) is -4.35. The van der Waals surface area contributed by atoms with Crippen LogP contribution in [0.15, 0.2) is 0 Å². The molecule has 16 nitrogen and oxygen atoms in total. The first kappa shape index (κ1) is 33.6. The number of thioether (sulfide) groups is 1. The summed E-state index contributed by atoms with van der Waals surface area (Å²) in [5, 5.41) is 30.6. The molecule has 0 spiro atoms. The van der Waals surface area contributed by atoms with Gasteiger partial charge in [-0.3, -0.25) is 33.6 Å². The van der Waals surface area contributed by atoms with Crippen LogP contribution in [0.1, 0.15) is 40.0 Å². The maximum absolute atomic E-state index is 13.1. The molecule has 0 aromatic rings. The average molecular weight is 576 g/mol. The van der Waals surface area contributed by atoms with Crippen LogP contribution < -0.4 is 38.1 Å². The van der Waals surface area contributed by atoms with E-state index in [1.807, 2.05) is 0 Å². The molecule has 6 amide bonds. The largest absolute Gasteiger partial charge is 0.480 e. The van der Waals surface area contributed by atoms with E-state index in [2.05, 4.69) is 26.6 Å². The third-order valence-corrected chi connectivity index (χ3v) is 6.95. The number of carboxylic acids is 1. The molecule has 0 bridgehead atoms. The van der Waals surface area contributed by atoms with E-state index in [-0.39, 0.29) is 24.6 Å². The molecule has 6 atom stereocenters. The molecule has 11 N–H and O–H groups in total. The second kappa shape index (κ2) is 15.8. The molecule has 1 rings (SSSR count). The molecule has 0 saturated carbocycles. The number of aliphatic hydroxyl groups is 1. The van der Waals surface area contributed by atoms with Crippen LogP contribution in [-0.4, -0.2) is 105 Å². The van der Waals surface area contributed by atoms with E-state index in [1.54, 1.807) is 13.8 Å². The van der Waals surface area contributed by atoms with Gasteiger partial charge in [0.25, 0.3) is 0 Å². The van der Waals surface area contributed by atoms with Crippen LogP contribution >= 0.6 is 11.8 Å². The molecule has 1 aliphatic heterocycles. The zero-order valence-electron chi connectivity index (χ0n) is 21.9. The molecule has 220 valence electrons. The van der Waals surface area contributed by atoms with Gasteiger partial charge in [0.05, 0.1) is 25.1 Å². The van der Waals surface area contributed by atoms with Crippen LogP contribution in [0.3, 0.4) is 0 Å². The van der Waals surface area contributed by atoms with Crippen molar-refractivity contribution < 1.29 is 43.8 Å². The van der Waals surface area contributed by atoms with Crippen LogP contribution in [0.5, 0.6) is 0 Å². The molecule has 0 aromatic heterocycles. The summed E-state index contributed by atoms with van der Waals surface area (Å²) in [6.07, 6.45) is -1.14. The zero-order chi connectivity index (χ0) is 29.9. The number of aliphatic carboxylic acids is 1. The van der Waals surface area contributed by atoms with E-state index in [0.29, 0.717) is 0 Å². The monoisotopic (exact) mass is 575 g/mol. The first-order valence-electron chi connectivity index (χ1n) is 12.2. The first-order chi connectivity index (χ1) is 18.2. The fourth-order valence-electron chi connectivity index (χ4n) is 3.59. The Labute approximate surface area is 229 Å². The lowest BCUT2D eigenvalue weighted by atomic mass is 10.1. The number of carboxylic acid groups (broad SMARTS) is 1. The quantitative estimate of drug-likeness (QED) is 0.127. The van der Waals surface area contributed by atoms with Crippen LogP contribution in [0.2, 0.25) is 0 Å². The highest BCUT2D eigenvalue weighted by Gasteiger charge is 2.36. The van der Waals surface area contributed by atoms with Gasteiger partial charge in [-0.05, 0) is 13.3 Å². The van der Waals surface area contributed by atoms with E-state index in [4.69, 9.17) is 11.5 Å². The van der Waals surface area contributed by atoms with Crippen LogP contribution in [0.25, 0.3) is 0 Å². The summed E-state index contributed by atoms with van der Waals surface area (Å²) in [6, 6.07) is -6.77. The third-order valence-electron chi connectivity index (χ3n) is 5.54. The summed E-state index contributed by atoms with van der Waals surface area (Å²) in [5.74, 6) is -6.73. The van der Waals surface area contributed by atoms with Crippen molar-refractivity contribution in [1.82, 2.24) is 26.6 Å². The number of rotatable bonds is 9. The maximum atomic E-state index is 13.1. The minimum Gasteiger partial charge on any atom is -0.480 e. The molecule has 1 saturated heterocycles. The Balaban J connectivity index is 3.52. The van der Waals surface area contributed by atoms with E-state index >= 15 is 0 Å². The van der Waals surface area contributed by atoms with Gasteiger partial charge < -0.3 is 48.3 Å². The number of nitrogens with one attached hydrogen (secondary N) is 5. The summed E-state index contributed by atoms with van der Waals surface area (Å²) < 4.78 is 0. The number of carbonyl (C=O) groups is 7. The number of primary amides is 2. The zero-order valence-corrected chi connectivity index (χ0v) is 22.7. The van der Waals surface area contributed by atoms with E-state index in [9.17, 15) is 43.8 Å². The highest BCUT2D eigenvalue weighted by Crippen LogP contribution is 2.21. The normalized spacial score (nSPS) is 27.6. The molecule has 1 aliphatic rings. The highest BCUT2D eigenvalue weighted by atomic mass is 32.2. The van der Waals surface area contributed by atoms with Gasteiger partial charge in [-0.2, -0.15) is 0 Å². The molecule has 1 heterocycles. The highest BCUT2D eigenvalue weighted by molar-refractivity contribution is 8.00. The van der Waals surface area contributed by atoms with Gasteiger partial charge in [-0.25, -0.2) is 0 Å². The van der Waals surface area contributed by atoms with Crippen molar-refractivity contribution in [1.29, 1.82) is 0 Å². The van der Waals surface area contributed by atoms with Gasteiger partial charge >= 0.3 is 5.97 Å². The Hall–Kier alpha value is -3.44. The standard InChI is InChI=1S/C22H37N7O9S/c1-9(2)25-14-8-39-17(22(37)38)11(4-5-15(23)31)27-19(34)12(6-16(24)32)28-18(33)10(3)26-20(35)13(7-30)29-21(14)36/h9-14,17,25,30H,4-8H2,1-3H3,(H2,23,31)(H2,24,32)(H,26,35)(H,27,34)(H,28,33)(H,29,36)(H,37,38)/t10-,11?,12-,13?,14-,17?/m0/s1. The summed E-state index contributed by atoms with van der Waals surface area (Å²) in [6.45, 7) is 3.92. The summed E-state index contributed by atoms with van der Waals surface area (Å²) >= 11 is 0.775. The number of nitrogens with two attached hydrogens (primary N) is 2. The Morgan fingerprint density at radius 3 is 2.05 bits per heavy atom. The maximum Gasteiger partial charge on any atom is 0.318 e. The molecule has 17 heteroatoms. The lowest BCUT2D eigenvalue weighted by Crippen LogP contribution is -2.60. The van der Waals surface area contributed by atoms with E-state index < -0.39 is 89.9 Å². The molecule has 0 aliphatic carbocycles. The Morgan fingerprint density at radius 2 is 1.54 bits per heavy atom. The van der Waals surface area contributed by atoms with Gasteiger partial charge in [0.2, 0.25) is 35.4 Å². The van der Waals surface area contributed by atoms with E-state index in [1.165, 1.54) is 6.92 Å². The molecular formula is C22H37N7O9S. The molecule has 1 fully saturated rings. The second-order valence-electron chi connectivity index (χ2n) is 9.29. The lowest BCUT2D eigenvalue weighted by molar-refractivity contribution is -0.138. The van der Waals surface area contributed by atoms with Crippen molar-refractivity contribution in [2.75, 3.05) is 12.4 Å². The summed E-state index contributed by atoms with van der Waals surface area (Å²) in [5.41, 5.74) is 10.5. The van der Waals surface area contributed by atoms with Gasteiger partial charge in [0.15, 0.2) is 0 Å². The Morgan fingerprint density at radius 1 is 0.949 bits per heavy atom. The Kier molecular flexibility index (Phi) is 13.6. The molecule has 39 heavy (non-hydrogen) atoms. The average Bonchev–Trinajstić information content (AvgIpc) is 2.82. The fraction of sp³-hybridized carbons (Fsp3) is 0.682. The number of amides is 6. The number of hydrogen-bond acceptors (Lipinski definition) is 10. The number of aliphatic hydroxyl groups excluding tert-OH is 1. The van der Waals surface area contributed by atoms with Gasteiger partial charge in [0.1, 0.15) is 23.4 Å². The summed E-state index contributed by atoms with van der Waals surface area (Å²) in [4.78, 5) is 86.7. The van der Waals surface area contributed by atoms with Crippen molar-refractivity contribution >= 4 is 53.2 Å². The molecule has 3 unspecified atom stereocenters. The summed E-state index contributed by atoms with van der Waals surface area (Å²) in [7, 11) is 0. The minimum atomic E-state index is -1.54. The van der Waals surface area contributed by atoms with Gasteiger partial charge in [-0.15, -0.1) is 11.8 Å². The minimum absolute atomic E-state index is 0.151. The second-order valence-corrected chi connectivity index (χ2v) is 10.5. The van der Waals surface area contributed by atoms with Gasteiger partial charge in [0, 0.05) is 18.2 Å². The molecular weight excluding hydrogens is 538 g/mol. The SMILES string of the molecule is CC(C)N[C@H]1CSC(C(=O)O)C(CCC(N)=O)NC(=O)[C@H](CC(N)=O)NC(=O)[C@H](C)NC(=O)C(CO)NC1=O. The number of carbonyl (C=O) groups excluding carboxylic acids is 6. The van der Waals surface area contributed by atoms with Crippen molar-refractivity contribution in [3.8, 4) is 0 Å². The van der Waals surface area contributed by atoms with Gasteiger partial charge in [-0.1, -0.05) is 13.8 Å². The molecule has 0 radical (unpaired) electrons. The van der Waals surface area contributed by atoms with Crippen LogP contribution in [0, 0.1) is 0 Å². The van der Waals surface area contributed by atoms with Crippen LogP contribution in [0.4, 0.5) is 0 Å². The Bertz CT molecular complexity index is 949. The molecule has 0 aromatic carbocycles. The number of hydrogen-bond donors (Lipinski definition) is 9. The van der Waals surface area contributed by atoms with E-state index in [0.717, 1.165) is 11.8 Å². The third kappa shape index (κ3) is 11.5. The first-order valence-corrected chi connectivity index (χ1v) is 13.2. The van der Waals surface area contributed by atoms with Crippen molar-refractivity contribution in [3.05, 3.63) is 0 Å². The van der Waals surface area contributed by atoms with Crippen molar-refractivity contribution in [3.63, 3.8) is 0 Å². The fourth-order valence-corrected chi connectivity index (χ4v) is 4.82. The van der Waals surface area contributed by atoms with Crippen LogP contribution in [-0.2, 0) is 33.6 Å². The van der Waals surface area contributed by atoms with Crippen molar-refractivity contribution in [2.24, 2.45) is 11.5 Å². The smallest absolute Gasteiger partial charge is 0.318 e.